The van der Waals surface area contributed by atoms with Gasteiger partial charge in [0.2, 0.25) is 5.91 Å². The van der Waals surface area contributed by atoms with Crippen LogP contribution >= 0.6 is 7.82 Å². The average Bonchev–Trinajstić information content (AvgIpc) is 3.26. The van der Waals surface area contributed by atoms with Gasteiger partial charge in [-0.3, -0.25) is 13.8 Å². The second kappa shape index (κ2) is 47.0. The fourth-order valence-electron chi connectivity index (χ4n) is 7.48. The van der Waals surface area contributed by atoms with Gasteiger partial charge in [0.25, 0.3) is 0 Å². The SMILES string of the molecule is CC/C=C\C/C=C\C/C=C\C/C=C\C/C=C\CCCCCCCCCCCCCCCCCC(=O)NC(COP(=O)(O)OCC[N+](C)(C)C)C(O)/C=C/CCCCCCCCCCCC. The number of nitrogens with one attached hydrogen (secondary N) is 1. The molecular formula is C56H104N2O6P+. The molecule has 0 aromatic rings. The second-order valence-corrected chi connectivity index (χ2v) is 20.7. The molecule has 8 nitrogen and oxygen atoms in total. The first-order valence-electron chi connectivity index (χ1n) is 26.8. The molecule has 0 bridgehead atoms. The molecule has 0 spiro atoms. The maximum absolute atomic E-state index is 12.9. The number of carbonyl (C=O) groups is 1. The molecular weight excluding hydrogens is 828 g/mol. The van der Waals surface area contributed by atoms with Crippen molar-refractivity contribution in [3.8, 4) is 0 Å². The second-order valence-electron chi connectivity index (χ2n) is 19.2. The zero-order valence-electron chi connectivity index (χ0n) is 43.0. The van der Waals surface area contributed by atoms with Crippen LogP contribution < -0.4 is 5.32 Å². The van der Waals surface area contributed by atoms with Gasteiger partial charge in [0.1, 0.15) is 13.2 Å². The van der Waals surface area contributed by atoms with Gasteiger partial charge in [-0.15, -0.1) is 0 Å². The summed E-state index contributed by atoms with van der Waals surface area (Å²) in [5, 5.41) is 13.9. The maximum Gasteiger partial charge on any atom is 0.472 e. The summed E-state index contributed by atoms with van der Waals surface area (Å²) in [5.41, 5.74) is 0. The molecule has 0 aromatic carbocycles. The van der Waals surface area contributed by atoms with Crippen molar-refractivity contribution in [1.29, 1.82) is 0 Å². The fraction of sp³-hybridized carbons (Fsp3) is 0.768. The Kier molecular flexibility index (Phi) is 45.5. The van der Waals surface area contributed by atoms with Crippen LogP contribution in [0.4, 0.5) is 0 Å². The molecule has 0 fully saturated rings. The van der Waals surface area contributed by atoms with Crippen molar-refractivity contribution >= 4 is 13.7 Å². The predicted molar refractivity (Wildman–Crippen MR) is 281 cm³/mol. The number of carbonyl (C=O) groups excluding carboxylic acids is 1. The van der Waals surface area contributed by atoms with E-state index >= 15 is 0 Å². The lowest BCUT2D eigenvalue weighted by Gasteiger charge is -2.25. The summed E-state index contributed by atoms with van der Waals surface area (Å²) < 4.78 is 23.6. The van der Waals surface area contributed by atoms with Crippen LogP contribution in [-0.2, 0) is 18.4 Å². The zero-order valence-corrected chi connectivity index (χ0v) is 43.9. The summed E-state index contributed by atoms with van der Waals surface area (Å²) in [7, 11) is 1.57. The van der Waals surface area contributed by atoms with Gasteiger partial charge in [0.15, 0.2) is 0 Å². The first-order chi connectivity index (χ1) is 31.5. The summed E-state index contributed by atoms with van der Waals surface area (Å²) in [6.07, 6.45) is 64.2. The van der Waals surface area contributed by atoms with E-state index in [0.29, 0.717) is 17.4 Å². The highest BCUT2D eigenvalue weighted by Crippen LogP contribution is 2.43. The summed E-state index contributed by atoms with van der Waals surface area (Å²) in [6.45, 7) is 4.69. The number of amides is 1. The van der Waals surface area contributed by atoms with Crippen LogP contribution in [0.15, 0.2) is 72.9 Å². The molecule has 378 valence electrons. The van der Waals surface area contributed by atoms with Crippen LogP contribution in [0.1, 0.15) is 226 Å². The average molecular weight is 932 g/mol. The number of phosphoric ester groups is 1. The van der Waals surface area contributed by atoms with E-state index < -0.39 is 20.0 Å². The molecule has 3 unspecified atom stereocenters. The predicted octanol–water partition coefficient (Wildman–Crippen LogP) is 15.9. The van der Waals surface area contributed by atoms with Crippen LogP contribution in [0.3, 0.4) is 0 Å². The molecule has 0 aliphatic carbocycles. The number of quaternary nitrogens is 1. The van der Waals surface area contributed by atoms with Gasteiger partial charge < -0.3 is 19.8 Å². The van der Waals surface area contributed by atoms with Gasteiger partial charge in [-0.1, -0.05) is 228 Å². The normalized spacial score (nSPS) is 14.6. The highest BCUT2D eigenvalue weighted by atomic mass is 31.2. The molecule has 65 heavy (non-hydrogen) atoms. The van der Waals surface area contributed by atoms with Crippen LogP contribution in [0.5, 0.6) is 0 Å². The van der Waals surface area contributed by atoms with E-state index in [1.807, 2.05) is 27.2 Å². The maximum atomic E-state index is 12.9. The number of rotatable bonds is 48. The molecule has 3 atom stereocenters. The van der Waals surface area contributed by atoms with Crippen molar-refractivity contribution in [2.45, 2.75) is 238 Å². The van der Waals surface area contributed by atoms with Crippen LogP contribution in [0.2, 0.25) is 0 Å². The number of phosphoric acid groups is 1. The first-order valence-corrected chi connectivity index (χ1v) is 28.3. The van der Waals surface area contributed by atoms with E-state index in [2.05, 4.69) is 79.9 Å². The van der Waals surface area contributed by atoms with Crippen molar-refractivity contribution in [3.05, 3.63) is 72.9 Å². The van der Waals surface area contributed by atoms with Gasteiger partial charge in [0, 0.05) is 6.42 Å². The molecule has 0 rings (SSSR count). The number of aliphatic hydroxyl groups is 1. The molecule has 0 aliphatic rings. The van der Waals surface area contributed by atoms with E-state index in [9.17, 15) is 19.4 Å². The lowest BCUT2D eigenvalue weighted by atomic mass is 10.0. The van der Waals surface area contributed by atoms with E-state index in [0.717, 1.165) is 70.6 Å². The molecule has 0 heterocycles. The molecule has 0 aromatic heterocycles. The summed E-state index contributed by atoms with van der Waals surface area (Å²) in [6, 6.07) is -0.848. The van der Waals surface area contributed by atoms with Crippen molar-refractivity contribution in [1.82, 2.24) is 5.32 Å². The van der Waals surface area contributed by atoms with E-state index in [4.69, 9.17) is 9.05 Å². The number of nitrogens with zero attached hydrogens (tertiary/aromatic N) is 1. The van der Waals surface area contributed by atoms with E-state index in [1.54, 1.807) is 6.08 Å². The van der Waals surface area contributed by atoms with Crippen LogP contribution in [0.25, 0.3) is 0 Å². The van der Waals surface area contributed by atoms with Gasteiger partial charge in [0.05, 0.1) is 39.9 Å². The molecule has 1 amide bonds. The Morgan fingerprint density at radius 1 is 0.538 bits per heavy atom. The highest BCUT2D eigenvalue weighted by molar-refractivity contribution is 7.47. The number of hydrogen-bond acceptors (Lipinski definition) is 5. The van der Waals surface area contributed by atoms with Gasteiger partial charge >= 0.3 is 7.82 Å². The van der Waals surface area contributed by atoms with Gasteiger partial charge in [-0.2, -0.15) is 0 Å². The largest absolute Gasteiger partial charge is 0.472 e. The third kappa shape index (κ3) is 49.7. The van der Waals surface area contributed by atoms with E-state index in [1.165, 1.54) is 135 Å². The first kappa shape index (κ1) is 62.9. The Balaban J connectivity index is 4.09. The topological polar surface area (TPSA) is 105 Å². The molecule has 9 heteroatoms. The Labute approximate surface area is 402 Å². The monoisotopic (exact) mass is 932 g/mol. The molecule has 0 saturated carbocycles. The van der Waals surface area contributed by atoms with Crippen LogP contribution in [0, 0.1) is 0 Å². The lowest BCUT2D eigenvalue weighted by Crippen LogP contribution is -2.45. The number of hydrogen-bond donors (Lipinski definition) is 3. The number of allylic oxidation sites excluding steroid dienone is 11. The minimum atomic E-state index is -4.34. The lowest BCUT2D eigenvalue weighted by molar-refractivity contribution is -0.870. The summed E-state index contributed by atoms with van der Waals surface area (Å²) in [5.74, 6) is -0.180. The smallest absolute Gasteiger partial charge is 0.387 e. The minimum absolute atomic E-state index is 0.0598. The summed E-state index contributed by atoms with van der Waals surface area (Å²) in [4.78, 5) is 23.2. The third-order valence-electron chi connectivity index (χ3n) is 11.7. The number of aliphatic hydroxyl groups excluding tert-OH is 1. The fourth-order valence-corrected chi connectivity index (χ4v) is 8.22. The molecule has 0 aliphatic heterocycles. The highest BCUT2D eigenvalue weighted by Gasteiger charge is 2.27. The van der Waals surface area contributed by atoms with Crippen LogP contribution in [-0.4, -0.2) is 73.4 Å². The van der Waals surface area contributed by atoms with E-state index in [-0.39, 0.29) is 19.1 Å². The number of likely N-dealkylation sites (N-methyl/N-ethyl adjacent to an activating group) is 1. The number of unbranched alkanes of at least 4 members (excludes halogenated alkanes) is 25. The van der Waals surface area contributed by atoms with Crippen molar-refractivity contribution in [3.63, 3.8) is 0 Å². The Hall–Kier alpha value is -2.06. The third-order valence-corrected chi connectivity index (χ3v) is 12.7. The molecule has 0 radical (unpaired) electrons. The zero-order chi connectivity index (χ0) is 47.8. The minimum Gasteiger partial charge on any atom is -0.387 e. The van der Waals surface area contributed by atoms with Crippen molar-refractivity contribution < 1.29 is 32.9 Å². The van der Waals surface area contributed by atoms with Crippen molar-refractivity contribution in [2.24, 2.45) is 0 Å². The summed E-state index contributed by atoms with van der Waals surface area (Å²) >= 11 is 0. The van der Waals surface area contributed by atoms with Gasteiger partial charge in [-0.25, -0.2) is 4.57 Å². The van der Waals surface area contributed by atoms with Gasteiger partial charge in [-0.05, 0) is 64.2 Å². The quantitative estimate of drug-likeness (QED) is 0.0243. The Morgan fingerprint density at radius 2 is 0.923 bits per heavy atom. The Morgan fingerprint density at radius 3 is 1.35 bits per heavy atom. The standard InChI is InChI=1S/C56H103N2O6P/c1-6-8-10-12-14-16-18-20-21-22-23-24-25-26-27-28-29-30-31-32-33-34-35-36-37-38-40-42-44-46-48-50-56(60)57-54(53-64-65(61,62)63-52-51-58(3,4)5)55(59)49-47-45-43-41-39-19-17-15-13-11-9-7-2/h8,10,14,16,20-21,23-24,26-27,47,49,54-55,59H,6-7,9,11-13,15,17-19,22,25,28-46,48,50-53H2,1-5H3,(H-,57,60,61,62)/p+1/b10-8-,16-14-,21-20-,24-23-,27-26-,49-47+. The van der Waals surface area contributed by atoms with Crippen molar-refractivity contribution in [2.75, 3.05) is 40.9 Å². The molecule has 3 N–H and O–H groups in total. The Bertz CT molecular complexity index is 1290. The molecule has 0 saturated heterocycles.